The number of nitriles is 1. The molecule has 0 bridgehead atoms. The van der Waals surface area contributed by atoms with E-state index in [2.05, 4.69) is 4.98 Å². The quantitative estimate of drug-likeness (QED) is 0.600. The monoisotopic (exact) mass is 418 g/mol. The standard InChI is InChI=1S/C18H21F3N2O4S/c1-11(18(19,20)21)27-16-6-14(23-8-13(16)12-4-5-12)15(24)7-17(2,9-22)10-28(3,25)26/h6,8,11-12H,4-5,7,10H2,1-3H3/t11-,17?/m0/s1. The highest BCUT2D eigenvalue weighted by atomic mass is 32.2. The molecule has 2 atom stereocenters. The number of rotatable bonds is 8. The molecule has 154 valence electrons. The first-order valence-electron chi connectivity index (χ1n) is 8.59. The largest absolute Gasteiger partial charge is 0.481 e. The maximum Gasteiger partial charge on any atom is 0.425 e. The lowest BCUT2D eigenvalue weighted by molar-refractivity contribution is -0.189. The van der Waals surface area contributed by atoms with Crippen molar-refractivity contribution in [1.82, 2.24) is 4.98 Å². The van der Waals surface area contributed by atoms with E-state index in [4.69, 9.17) is 4.74 Å². The zero-order valence-electron chi connectivity index (χ0n) is 15.7. The van der Waals surface area contributed by atoms with E-state index >= 15 is 0 Å². The van der Waals surface area contributed by atoms with E-state index in [1.54, 1.807) is 0 Å². The molecule has 10 heteroatoms. The van der Waals surface area contributed by atoms with Gasteiger partial charge in [0, 0.05) is 30.5 Å². The van der Waals surface area contributed by atoms with E-state index in [1.807, 2.05) is 6.07 Å². The summed E-state index contributed by atoms with van der Waals surface area (Å²) in [5.41, 5.74) is -1.13. The molecule has 1 unspecified atom stereocenters. The van der Waals surface area contributed by atoms with E-state index in [0.29, 0.717) is 5.56 Å². The number of carbonyl (C=O) groups excluding carboxylic acids is 1. The van der Waals surface area contributed by atoms with Gasteiger partial charge in [-0.3, -0.25) is 9.78 Å². The van der Waals surface area contributed by atoms with Crippen LogP contribution in [0.15, 0.2) is 12.3 Å². The summed E-state index contributed by atoms with van der Waals surface area (Å²) >= 11 is 0. The first-order valence-corrected chi connectivity index (χ1v) is 10.7. The third kappa shape index (κ3) is 5.92. The minimum absolute atomic E-state index is 0.0432. The molecule has 28 heavy (non-hydrogen) atoms. The molecule has 6 nitrogen and oxygen atoms in total. The van der Waals surface area contributed by atoms with E-state index in [1.165, 1.54) is 13.1 Å². The Kier molecular flexibility index (Phi) is 6.09. The van der Waals surface area contributed by atoms with Crippen LogP contribution in [0.4, 0.5) is 13.2 Å². The van der Waals surface area contributed by atoms with E-state index in [-0.39, 0.29) is 17.4 Å². The normalized spacial score (nSPS) is 18.0. The van der Waals surface area contributed by atoms with Crippen LogP contribution in [0.3, 0.4) is 0 Å². The minimum atomic E-state index is -4.57. The number of carbonyl (C=O) groups is 1. The Hall–Kier alpha value is -2.15. The van der Waals surface area contributed by atoms with Crippen molar-refractivity contribution in [1.29, 1.82) is 5.26 Å². The average molecular weight is 418 g/mol. The fourth-order valence-electron chi connectivity index (χ4n) is 2.81. The highest BCUT2D eigenvalue weighted by Crippen LogP contribution is 2.45. The van der Waals surface area contributed by atoms with Gasteiger partial charge in [0.15, 0.2) is 11.9 Å². The molecule has 1 heterocycles. The van der Waals surface area contributed by atoms with Gasteiger partial charge in [-0.15, -0.1) is 0 Å². The lowest BCUT2D eigenvalue weighted by Gasteiger charge is -2.21. The Morgan fingerprint density at radius 2 is 2.04 bits per heavy atom. The summed E-state index contributed by atoms with van der Waals surface area (Å²) in [5, 5.41) is 9.30. The summed E-state index contributed by atoms with van der Waals surface area (Å²) in [5.74, 6) is -1.18. The van der Waals surface area contributed by atoms with Crippen molar-refractivity contribution in [3.63, 3.8) is 0 Å². The fourth-order valence-corrected chi connectivity index (χ4v) is 4.13. The summed E-state index contributed by atoms with van der Waals surface area (Å²) in [6, 6.07) is 2.98. The van der Waals surface area contributed by atoms with Crippen molar-refractivity contribution in [2.45, 2.75) is 51.3 Å². The van der Waals surface area contributed by atoms with E-state index < -0.39 is 45.5 Å². The zero-order valence-corrected chi connectivity index (χ0v) is 16.5. The van der Waals surface area contributed by atoms with Gasteiger partial charge in [0.1, 0.15) is 21.3 Å². The lowest BCUT2D eigenvalue weighted by atomic mass is 9.88. The Morgan fingerprint density at radius 1 is 1.43 bits per heavy atom. The Labute approximate surface area is 161 Å². The average Bonchev–Trinajstić information content (AvgIpc) is 3.36. The smallest absolute Gasteiger partial charge is 0.425 e. The molecular formula is C18H21F3N2O4S. The molecule has 1 saturated carbocycles. The van der Waals surface area contributed by atoms with Crippen LogP contribution in [-0.2, 0) is 9.84 Å². The van der Waals surface area contributed by atoms with Crippen LogP contribution in [0.5, 0.6) is 5.75 Å². The molecule has 0 aliphatic heterocycles. The van der Waals surface area contributed by atoms with Gasteiger partial charge in [-0.1, -0.05) is 0 Å². The molecule has 0 saturated heterocycles. The molecule has 0 radical (unpaired) electrons. The van der Waals surface area contributed by atoms with Crippen molar-refractivity contribution in [3.8, 4) is 11.8 Å². The number of nitrogens with zero attached hydrogens (tertiary/aromatic N) is 2. The van der Waals surface area contributed by atoms with E-state index in [9.17, 15) is 31.6 Å². The van der Waals surface area contributed by atoms with Crippen LogP contribution in [0.25, 0.3) is 0 Å². The number of ether oxygens (including phenoxy) is 1. The number of ketones is 1. The lowest BCUT2D eigenvalue weighted by Crippen LogP contribution is -2.31. The van der Waals surface area contributed by atoms with Crippen molar-refractivity contribution < 1.29 is 31.1 Å². The second-order valence-corrected chi connectivity index (χ2v) is 9.67. The summed E-state index contributed by atoms with van der Waals surface area (Å²) in [6.07, 6.45) is -3.18. The van der Waals surface area contributed by atoms with Crippen LogP contribution < -0.4 is 4.74 Å². The van der Waals surface area contributed by atoms with Crippen molar-refractivity contribution in [2.75, 3.05) is 12.0 Å². The molecule has 2 rings (SSSR count). The maximum absolute atomic E-state index is 12.9. The molecule has 0 N–H and O–H groups in total. The van der Waals surface area contributed by atoms with Crippen molar-refractivity contribution in [2.24, 2.45) is 5.41 Å². The van der Waals surface area contributed by atoms with Gasteiger partial charge in [-0.25, -0.2) is 8.42 Å². The molecule has 1 aliphatic rings. The minimum Gasteiger partial charge on any atom is -0.481 e. The van der Waals surface area contributed by atoms with E-state index in [0.717, 1.165) is 32.1 Å². The number of halogens is 3. The predicted molar refractivity (Wildman–Crippen MR) is 94.7 cm³/mol. The number of sulfone groups is 1. The number of alkyl halides is 3. The van der Waals surface area contributed by atoms with Gasteiger partial charge < -0.3 is 4.74 Å². The number of pyridine rings is 1. The SMILES string of the molecule is C[C@H](Oc1cc(C(=O)CC(C)(C#N)CS(C)(=O)=O)ncc1C1CC1)C(F)(F)F. The highest BCUT2D eigenvalue weighted by Gasteiger charge is 2.39. The topological polar surface area (TPSA) is 97.1 Å². The summed E-state index contributed by atoms with van der Waals surface area (Å²) in [6.45, 7) is 2.21. The maximum atomic E-state index is 12.9. The molecule has 1 fully saturated rings. The third-order valence-electron chi connectivity index (χ3n) is 4.36. The Bertz CT molecular complexity index is 904. The molecular weight excluding hydrogens is 397 g/mol. The molecule has 0 spiro atoms. The van der Waals surface area contributed by atoms with Gasteiger partial charge in [0.25, 0.3) is 0 Å². The van der Waals surface area contributed by atoms with Gasteiger partial charge in [0.2, 0.25) is 0 Å². The van der Waals surface area contributed by atoms with Gasteiger partial charge in [-0.05, 0) is 32.6 Å². The molecule has 0 aromatic carbocycles. The second kappa shape index (κ2) is 7.70. The van der Waals surface area contributed by atoms with Crippen LogP contribution in [0.1, 0.15) is 55.1 Å². The predicted octanol–water partition coefficient (Wildman–Crippen LogP) is 3.44. The number of aromatic nitrogens is 1. The van der Waals surface area contributed by atoms with Gasteiger partial charge >= 0.3 is 6.18 Å². The number of hydrogen-bond donors (Lipinski definition) is 0. The highest BCUT2D eigenvalue weighted by molar-refractivity contribution is 7.90. The Balaban J connectivity index is 2.29. The summed E-state index contributed by atoms with van der Waals surface area (Å²) < 4.78 is 66.7. The molecule has 1 aromatic rings. The first kappa shape index (κ1) is 22.1. The van der Waals surface area contributed by atoms with Crippen molar-refractivity contribution in [3.05, 3.63) is 23.5 Å². The zero-order chi connectivity index (χ0) is 21.3. The number of Topliss-reactive ketones (excluding diaryl/α,β-unsaturated/α-hetero) is 1. The van der Waals surface area contributed by atoms with Crippen LogP contribution >= 0.6 is 0 Å². The van der Waals surface area contributed by atoms with Gasteiger partial charge in [-0.2, -0.15) is 18.4 Å². The van der Waals surface area contributed by atoms with Gasteiger partial charge in [0.05, 0.1) is 17.2 Å². The summed E-state index contributed by atoms with van der Waals surface area (Å²) in [7, 11) is -3.52. The van der Waals surface area contributed by atoms with Crippen molar-refractivity contribution >= 4 is 15.6 Å². The third-order valence-corrected chi connectivity index (χ3v) is 5.53. The van der Waals surface area contributed by atoms with Crippen LogP contribution in [0.2, 0.25) is 0 Å². The van der Waals surface area contributed by atoms with Crippen LogP contribution in [0, 0.1) is 16.7 Å². The summed E-state index contributed by atoms with van der Waals surface area (Å²) in [4.78, 5) is 16.6. The molecule has 1 aromatic heterocycles. The first-order chi connectivity index (χ1) is 12.7. The molecule has 0 amide bonds. The second-order valence-electron chi connectivity index (χ2n) is 7.53. The fraction of sp³-hybridized carbons (Fsp3) is 0.611. The van der Waals surface area contributed by atoms with Crippen LogP contribution in [-0.4, -0.2) is 43.5 Å². The number of hydrogen-bond acceptors (Lipinski definition) is 6. The Morgan fingerprint density at radius 3 is 2.50 bits per heavy atom. The molecule has 1 aliphatic carbocycles.